The van der Waals surface area contributed by atoms with E-state index in [1.165, 1.54) is 22.1 Å². The van der Waals surface area contributed by atoms with Crippen molar-refractivity contribution in [2.45, 2.75) is 32.1 Å². The van der Waals surface area contributed by atoms with E-state index >= 15 is 0 Å². The largest absolute Gasteiger partial charge is 0.507 e. The Hall–Kier alpha value is -3.13. The summed E-state index contributed by atoms with van der Waals surface area (Å²) in [7, 11) is 0. The normalized spacial score (nSPS) is 13.3. The Morgan fingerprint density at radius 1 is 1.28 bits per heavy atom. The molecule has 2 amide bonds. The lowest BCUT2D eigenvalue weighted by molar-refractivity contribution is 0.103. The average molecular weight is 410 g/mol. The molecule has 1 fully saturated rings. The summed E-state index contributed by atoms with van der Waals surface area (Å²) in [5, 5.41) is 22.4. The van der Waals surface area contributed by atoms with Gasteiger partial charge >= 0.3 is 6.03 Å². The molecule has 2 heterocycles. The fourth-order valence-electron chi connectivity index (χ4n) is 3.09. The van der Waals surface area contributed by atoms with Crippen LogP contribution in [0.4, 0.5) is 10.5 Å². The molecule has 0 radical (unpaired) electrons. The molecule has 0 saturated heterocycles. The van der Waals surface area contributed by atoms with Crippen molar-refractivity contribution in [1.29, 1.82) is 0 Å². The number of aromatic hydroxyl groups is 1. The number of aromatic nitrogens is 2. The van der Waals surface area contributed by atoms with Gasteiger partial charge in [0.25, 0.3) is 5.91 Å². The Bertz CT molecular complexity index is 1040. The van der Waals surface area contributed by atoms with Crippen LogP contribution < -0.4 is 10.6 Å². The van der Waals surface area contributed by atoms with E-state index in [2.05, 4.69) is 15.7 Å². The van der Waals surface area contributed by atoms with Gasteiger partial charge in [-0.05, 0) is 48.9 Å². The molecule has 1 aliphatic rings. The van der Waals surface area contributed by atoms with Gasteiger partial charge in [0.1, 0.15) is 5.75 Å². The topological polar surface area (TPSA) is 96.3 Å². The van der Waals surface area contributed by atoms with Crippen LogP contribution in [0.15, 0.2) is 41.8 Å². The Morgan fingerprint density at radius 2 is 2.10 bits per heavy atom. The van der Waals surface area contributed by atoms with E-state index in [1.807, 2.05) is 24.4 Å². The lowest BCUT2D eigenvalue weighted by atomic mass is 10.1. The molecule has 0 atom stereocenters. The predicted octanol–water partition coefficient (Wildman–Crippen LogP) is 4.41. The number of hydrogen-bond acceptors (Lipinski definition) is 5. The zero-order valence-corrected chi connectivity index (χ0v) is 16.8. The number of phenols is 1. The predicted molar refractivity (Wildman–Crippen MR) is 113 cm³/mol. The van der Waals surface area contributed by atoms with Crippen molar-refractivity contribution in [2.75, 3.05) is 11.9 Å². The lowest BCUT2D eigenvalue weighted by Crippen LogP contribution is -2.31. The fourth-order valence-corrected chi connectivity index (χ4v) is 3.71. The van der Waals surface area contributed by atoms with E-state index in [0.717, 1.165) is 25.0 Å². The second-order valence-electron chi connectivity index (χ2n) is 7.04. The minimum absolute atomic E-state index is 0.00468. The number of amides is 2. The first-order valence-corrected chi connectivity index (χ1v) is 10.5. The highest BCUT2D eigenvalue weighted by Crippen LogP contribution is 2.42. The first-order valence-electron chi connectivity index (χ1n) is 9.63. The van der Waals surface area contributed by atoms with Crippen molar-refractivity contribution < 1.29 is 14.7 Å². The summed E-state index contributed by atoms with van der Waals surface area (Å²) in [6.45, 7) is 2.58. The molecule has 150 valence electrons. The van der Waals surface area contributed by atoms with Gasteiger partial charge in [0.15, 0.2) is 0 Å². The Balaban J connectivity index is 1.58. The zero-order valence-electron chi connectivity index (χ0n) is 16.0. The molecular weight excluding hydrogens is 388 g/mol. The monoisotopic (exact) mass is 410 g/mol. The van der Waals surface area contributed by atoms with Crippen LogP contribution in [0.5, 0.6) is 5.75 Å². The number of rotatable bonds is 6. The highest BCUT2D eigenvalue weighted by molar-refractivity contribution is 7.12. The number of phenolic OH excluding ortho intramolecular Hbond substituents is 1. The van der Waals surface area contributed by atoms with Crippen molar-refractivity contribution in [2.24, 2.45) is 0 Å². The maximum atomic E-state index is 12.5. The van der Waals surface area contributed by atoms with Crippen LogP contribution in [0.2, 0.25) is 0 Å². The van der Waals surface area contributed by atoms with Crippen molar-refractivity contribution in [3.63, 3.8) is 0 Å². The molecule has 8 heteroatoms. The standard InChI is InChI=1S/C21H22N4O3S/c1-2-9-22-21(28)25-17(13-5-6-13)12-16(24-25)15-8-7-14(11-18(15)26)23-20(27)19-4-3-10-29-19/h3-4,7-8,10-13,26H,2,5-6,9H2,1H3,(H,22,28)(H,23,27). The SMILES string of the molecule is CCCNC(=O)n1nc(-c2ccc(NC(=O)c3cccs3)cc2O)cc1C1CC1. The molecule has 3 N–H and O–H groups in total. The minimum Gasteiger partial charge on any atom is -0.507 e. The maximum Gasteiger partial charge on any atom is 0.342 e. The van der Waals surface area contributed by atoms with E-state index in [-0.39, 0.29) is 17.7 Å². The van der Waals surface area contributed by atoms with Gasteiger partial charge in [-0.2, -0.15) is 9.78 Å². The Labute approximate surface area is 172 Å². The molecule has 1 saturated carbocycles. The highest BCUT2D eigenvalue weighted by atomic mass is 32.1. The molecular formula is C21H22N4O3S. The third kappa shape index (κ3) is 4.17. The van der Waals surface area contributed by atoms with E-state index < -0.39 is 0 Å². The average Bonchev–Trinajstić information content (AvgIpc) is 3.22. The first-order chi connectivity index (χ1) is 14.1. The van der Waals surface area contributed by atoms with E-state index in [1.54, 1.807) is 18.2 Å². The zero-order chi connectivity index (χ0) is 20.4. The summed E-state index contributed by atoms with van der Waals surface area (Å²) in [5.74, 6) is 0.102. The van der Waals surface area contributed by atoms with Crippen LogP contribution in [-0.4, -0.2) is 33.4 Å². The number of anilines is 1. The molecule has 0 aliphatic heterocycles. The van der Waals surface area contributed by atoms with Crippen LogP contribution >= 0.6 is 11.3 Å². The van der Waals surface area contributed by atoms with Gasteiger partial charge in [-0.15, -0.1) is 11.3 Å². The number of hydrogen-bond donors (Lipinski definition) is 3. The number of nitrogens with zero attached hydrogens (tertiary/aromatic N) is 2. The van der Waals surface area contributed by atoms with Gasteiger partial charge < -0.3 is 15.7 Å². The van der Waals surface area contributed by atoms with Crippen molar-refractivity contribution in [3.05, 3.63) is 52.3 Å². The van der Waals surface area contributed by atoms with Crippen LogP contribution in [0.1, 0.15) is 47.5 Å². The molecule has 1 aliphatic carbocycles. The number of benzene rings is 1. The van der Waals surface area contributed by atoms with E-state index in [4.69, 9.17) is 0 Å². The second-order valence-corrected chi connectivity index (χ2v) is 7.98. The number of thiophene rings is 1. The van der Waals surface area contributed by atoms with Crippen molar-refractivity contribution in [3.8, 4) is 17.0 Å². The van der Waals surface area contributed by atoms with Gasteiger partial charge in [-0.1, -0.05) is 13.0 Å². The summed E-state index contributed by atoms with van der Waals surface area (Å²) in [6, 6.07) is 10.1. The third-order valence-electron chi connectivity index (χ3n) is 4.73. The first kappa shape index (κ1) is 19.2. The van der Waals surface area contributed by atoms with Gasteiger partial charge in [0.05, 0.1) is 16.3 Å². The number of carbonyl (C=O) groups is 2. The highest BCUT2D eigenvalue weighted by Gasteiger charge is 2.30. The van der Waals surface area contributed by atoms with Crippen molar-refractivity contribution >= 4 is 29.0 Å². The molecule has 1 aromatic carbocycles. The van der Waals surface area contributed by atoms with E-state index in [0.29, 0.717) is 34.3 Å². The minimum atomic E-state index is -0.251. The van der Waals surface area contributed by atoms with Gasteiger partial charge in [-0.25, -0.2) is 4.79 Å². The van der Waals surface area contributed by atoms with Gasteiger partial charge in [0.2, 0.25) is 0 Å². The smallest absolute Gasteiger partial charge is 0.342 e. The summed E-state index contributed by atoms with van der Waals surface area (Å²) >= 11 is 1.35. The Kier molecular flexibility index (Phi) is 5.35. The van der Waals surface area contributed by atoms with Crippen molar-refractivity contribution in [1.82, 2.24) is 15.1 Å². The lowest BCUT2D eigenvalue weighted by Gasteiger charge is -2.07. The Morgan fingerprint density at radius 3 is 2.76 bits per heavy atom. The molecule has 0 spiro atoms. The molecule has 29 heavy (non-hydrogen) atoms. The van der Waals surface area contributed by atoms with E-state index in [9.17, 15) is 14.7 Å². The molecule has 0 unspecified atom stereocenters. The molecule has 2 aromatic heterocycles. The summed E-state index contributed by atoms with van der Waals surface area (Å²) in [6.07, 6.45) is 2.91. The molecule has 7 nitrogen and oxygen atoms in total. The number of nitrogens with one attached hydrogen (secondary N) is 2. The molecule has 4 rings (SSSR count). The maximum absolute atomic E-state index is 12.5. The quantitative estimate of drug-likeness (QED) is 0.561. The third-order valence-corrected chi connectivity index (χ3v) is 5.60. The second kappa shape index (κ2) is 8.08. The summed E-state index contributed by atoms with van der Waals surface area (Å²) < 4.78 is 1.41. The van der Waals surface area contributed by atoms with Crippen LogP contribution in [0.25, 0.3) is 11.3 Å². The summed E-state index contributed by atoms with van der Waals surface area (Å²) in [4.78, 5) is 25.2. The number of carbonyl (C=O) groups excluding carboxylic acids is 2. The summed E-state index contributed by atoms with van der Waals surface area (Å²) in [5.41, 5.74) is 2.41. The van der Waals surface area contributed by atoms with Gasteiger partial charge in [-0.3, -0.25) is 4.79 Å². The van der Waals surface area contributed by atoms with Gasteiger partial charge in [0, 0.05) is 29.8 Å². The van der Waals surface area contributed by atoms with Crippen LogP contribution in [0, 0.1) is 0 Å². The molecule has 3 aromatic rings. The van der Waals surface area contributed by atoms with Crippen LogP contribution in [-0.2, 0) is 0 Å². The fraction of sp³-hybridized carbons (Fsp3) is 0.286. The van der Waals surface area contributed by atoms with Crippen LogP contribution in [0.3, 0.4) is 0 Å². The molecule has 0 bridgehead atoms.